The van der Waals surface area contributed by atoms with Crippen LogP contribution in [0.3, 0.4) is 0 Å². The number of nitrogens with one attached hydrogen (secondary N) is 1. The molecule has 9 heteroatoms. The Hall–Kier alpha value is -2.28. The van der Waals surface area contributed by atoms with Crippen molar-refractivity contribution in [3.63, 3.8) is 0 Å². The van der Waals surface area contributed by atoms with Gasteiger partial charge in [0.2, 0.25) is 5.91 Å². The lowest BCUT2D eigenvalue weighted by Gasteiger charge is -2.28. The van der Waals surface area contributed by atoms with Crippen LogP contribution in [-0.4, -0.2) is 23.6 Å². The molecule has 1 fully saturated rings. The number of benzene rings is 2. The van der Waals surface area contributed by atoms with Crippen LogP contribution >= 0.6 is 34.8 Å². The summed E-state index contributed by atoms with van der Waals surface area (Å²) >= 11 is 18.6. The van der Waals surface area contributed by atoms with Crippen LogP contribution in [0, 0.1) is 5.92 Å². The van der Waals surface area contributed by atoms with E-state index < -0.39 is 17.9 Å². The number of nitrogens with zero attached hydrogens (tertiary/aromatic N) is 2. The number of primary amides is 1. The third-order valence-corrected chi connectivity index (χ3v) is 6.73. The first-order valence-electron chi connectivity index (χ1n) is 10.5. The van der Waals surface area contributed by atoms with Gasteiger partial charge in [0.25, 0.3) is 5.91 Å². The molecule has 0 saturated heterocycles. The highest BCUT2D eigenvalue weighted by Crippen LogP contribution is 2.42. The molecule has 0 bridgehead atoms. The lowest BCUT2D eigenvalue weighted by Crippen LogP contribution is -2.45. The van der Waals surface area contributed by atoms with E-state index in [0.717, 1.165) is 31.2 Å². The van der Waals surface area contributed by atoms with Crippen molar-refractivity contribution in [2.45, 2.75) is 44.2 Å². The molecule has 2 unspecified atom stereocenters. The minimum absolute atomic E-state index is 0.0645. The minimum atomic E-state index is -0.966. The molecule has 4 rings (SSSR count). The molecule has 168 valence electrons. The Labute approximate surface area is 201 Å². The first-order chi connectivity index (χ1) is 15.3. The Morgan fingerprint density at radius 3 is 2.25 bits per heavy atom. The molecular formula is C23H23Cl3N4O2. The van der Waals surface area contributed by atoms with Crippen molar-refractivity contribution in [3.05, 3.63) is 63.1 Å². The molecule has 0 aromatic heterocycles. The van der Waals surface area contributed by atoms with Crippen LogP contribution in [0.5, 0.6) is 0 Å². The van der Waals surface area contributed by atoms with Crippen molar-refractivity contribution in [1.82, 2.24) is 5.32 Å². The van der Waals surface area contributed by atoms with Gasteiger partial charge in [0.15, 0.2) is 0 Å². The van der Waals surface area contributed by atoms with Crippen LogP contribution < -0.4 is 16.1 Å². The number of carbonyl (C=O) groups is 2. The van der Waals surface area contributed by atoms with Gasteiger partial charge in [-0.2, -0.15) is 5.10 Å². The second kappa shape index (κ2) is 9.69. The zero-order valence-electron chi connectivity index (χ0n) is 17.2. The third kappa shape index (κ3) is 4.72. The molecule has 1 aliphatic heterocycles. The number of rotatable bonds is 5. The normalized spacial score (nSPS) is 21.3. The number of nitrogens with two attached hydrogens (primary N) is 1. The maximum atomic E-state index is 13.2. The number of halogens is 3. The number of anilines is 1. The zero-order chi connectivity index (χ0) is 22.8. The van der Waals surface area contributed by atoms with Crippen molar-refractivity contribution in [3.8, 4) is 0 Å². The molecule has 3 N–H and O–H groups in total. The SMILES string of the molecule is NC(=O)C1C(C(=O)NC2CCCCC2)=NN(c2ccc(Cl)cc2Cl)C1c1ccc(Cl)cc1. The maximum absolute atomic E-state index is 13.2. The van der Waals surface area contributed by atoms with Gasteiger partial charge in [-0.15, -0.1) is 0 Å². The Morgan fingerprint density at radius 2 is 1.62 bits per heavy atom. The monoisotopic (exact) mass is 492 g/mol. The molecule has 1 heterocycles. The van der Waals surface area contributed by atoms with Crippen LogP contribution in [-0.2, 0) is 9.59 Å². The number of amides is 2. The Bertz CT molecular complexity index is 1050. The van der Waals surface area contributed by atoms with E-state index >= 15 is 0 Å². The lowest BCUT2D eigenvalue weighted by molar-refractivity contribution is -0.122. The van der Waals surface area contributed by atoms with E-state index in [-0.39, 0.29) is 17.7 Å². The Morgan fingerprint density at radius 1 is 0.969 bits per heavy atom. The molecule has 2 aromatic carbocycles. The van der Waals surface area contributed by atoms with E-state index in [2.05, 4.69) is 10.4 Å². The molecule has 1 aliphatic carbocycles. The van der Waals surface area contributed by atoms with Crippen molar-refractivity contribution >= 4 is 58.0 Å². The van der Waals surface area contributed by atoms with Crippen LogP contribution in [0.1, 0.15) is 43.7 Å². The second-order valence-electron chi connectivity index (χ2n) is 8.11. The number of hydrogen-bond donors (Lipinski definition) is 2. The van der Waals surface area contributed by atoms with Gasteiger partial charge in [0.05, 0.1) is 16.8 Å². The fourth-order valence-corrected chi connectivity index (χ4v) is 5.00. The smallest absolute Gasteiger partial charge is 0.268 e. The van der Waals surface area contributed by atoms with Crippen LogP contribution in [0.4, 0.5) is 5.69 Å². The molecule has 2 aliphatic rings. The highest BCUT2D eigenvalue weighted by atomic mass is 35.5. The van der Waals surface area contributed by atoms with Crippen molar-refractivity contribution in [2.75, 3.05) is 5.01 Å². The Kier molecular flexibility index (Phi) is 6.93. The van der Waals surface area contributed by atoms with E-state index in [1.807, 2.05) is 0 Å². The molecule has 2 atom stereocenters. The van der Waals surface area contributed by atoms with E-state index in [9.17, 15) is 9.59 Å². The first kappa shape index (κ1) is 22.9. The summed E-state index contributed by atoms with van der Waals surface area (Å²) in [5.41, 5.74) is 7.14. The predicted molar refractivity (Wildman–Crippen MR) is 128 cm³/mol. The summed E-state index contributed by atoms with van der Waals surface area (Å²) in [6.07, 6.45) is 5.12. The minimum Gasteiger partial charge on any atom is -0.369 e. The summed E-state index contributed by atoms with van der Waals surface area (Å²) in [6.45, 7) is 0. The average Bonchev–Trinajstić information content (AvgIpc) is 3.16. The number of hydrazone groups is 1. The summed E-state index contributed by atoms with van der Waals surface area (Å²) in [5, 5.41) is 10.6. The molecule has 0 spiro atoms. The topological polar surface area (TPSA) is 87.8 Å². The maximum Gasteiger partial charge on any atom is 0.268 e. The summed E-state index contributed by atoms with van der Waals surface area (Å²) in [5.74, 6) is -1.99. The van der Waals surface area contributed by atoms with Gasteiger partial charge in [0, 0.05) is 16.1 Å². The lowest BCUT2D eigenvalue weighted by atomic mass is 9.88. The quantitative estimate of drug-likeness (QED) is 0.606. The van der Waals surface area contributed by atoms with Gasteiger partial charge in [0.1, 0.15) is 11.6 Å². The van der Waals surface area contributed by atoms with E-state index in [0.29, 0.717) is 20.8 Å². The van der Waals surface area contributed by atoms with E-state index in [1.165, 1.54) is 6.42 Å². The summed E-state index contributed by atoms with van der Waals surface area (Å²) in [7, 11) is 0. The van der Waals surface area contributed by atoms with Crippen LogP contribution in [0.15, 0.2) is 47.6 Å². The molecule has 0 radical (unpaired) electrons. The molecule has 2 amide bonds. The van der Waals surface area contributed by atoms with E-state index in [1.54, 1.807) is 47.5 Å². The van der Waals surface area contributed by atoms with Crippen LogP contribution in [0.2, 0.25) is 15.1 Å². The largest absolute Gasteiger partial charge is 0.369 e. The van der Waals surface area contributed by atoms with Gasteiger partial charge in [-0.25, -0.2) is 0 Å². The molecule has 32 heavy (non-hydrogen) atoms. The first-order valence-corrected chi connectivity index (χ1v) is 11.7. The fraction of sp³-hybridized carbons (Fsp3) is 0.348. The van der Waals surface area contributed by atoms with E-state index in [4.69, 9.17) is 40.5 Å². The van der Waals surface area contributed by atoms with Crippen LogP contribution in [0.25, 0.3) is 0 Å². The predicted octanol–water partition coefficient (Wildman–Crippen LogP) is 5.11. The molecule has 6 nitrogen and oxygen atoms in total. The van der Waals surface area contributed by atoms with Crippen molar-refractivity contribution < 1.29 is 9.59 Å². The zero-order valence-corrected chi connectivity index (χ0v) is 19.5. The average molecular weight is 494 g/mol. The fourth-order valence-electron chi connectivity index (χ4n) is 4.38. The van der Waals surface area contributed by atoms with Gasteiger partial charge in [-0.1, -0.05) is 66.2 Å². The summed E-state index contributed by atoms with van der Waals surface area (Å²) in [6, 6.07) is 11.4. The number of carbonyl (C=O) groups excluding carboxylic acids is 2. The Balaban J connectivity index is 1.76. The number of hydrogen-bond acceptors (Lipinski definition) is 4. The third-order valence-electron chi connectivity index (χ3n) is 5.94. The molecule has 1 saturated carbocycles. The second-order valence-corrected chi connectivity index (χ2v) is 9.39. The van der Waals surface area contributed by atoms with Gasteiger partial charge in [-0.3, -0.25) is 14.6 Å². The van der Waals surface area contributed by atoms with Crippen molar-refractivity contribution in [2.24, 2.45) is 16.8 Å². The molecule has 2 aromatic rings. The van der Waals surface area contributed by atoms with Gasteiger partial charge < -0.3 is 11.1 Å². The highest BCUT2D eigenvalue weighted by molar-refractivity contribution is 6.44. The van der Waals surface area contributed by atoms with Gasteiger partial charge >= 0.3 is 0 Å². The van der Waals surface area contributed by atoms with Crippen molar-refractivity contribution in [1.29, 1.82) is 0 Å². The summed E-state index contributed by atoms with van der Waals surface area (Å²) in [4.78, 5) is 25.9. The standard InChI is InChI=1S/C23H23Cl3N4O2/c24-14-8-6-13(7-9-14)21-19(22(27)31)20(23(32)28-16-4-2-1-3-5-16)29-30(21)18-11-10-15(25)12-17(18)26/h6-12,16,19,21H,1-5H2,(H2,27,31)(H,28,32). The summed E-state index contributed by atoms with van der Waals surface area (Å²) < 4.78 is 0. The molecular weight excluding hydrogens is 471 g/mol. The van der Waals surface area contributed by atoms with Gasteiger partial charge in [-0.05, 0) is 48.7 Å². The highest BCUT2D eigenvalue weighted by Gasteiger charge is 2.46.